The molecule has 0 heterocycles. The van der Waals surface area contributed by atoms with E-state index in [9.17, 15) is 4.79 Å². The molecule has 1 aromatic rings. The summed E-state index contributed by atoms with van der Waals surface area (Å²) in [5.41, 5.74) is 1.09. The normalized spacial score (nSPS) is 14.2. The maximum absolute atomic E-state index is 12.2. The van der Waals surface area contributed by atoms with Crippen LogP contribution in [-0.4, -0.2) is 41.7 Å². The second-order valence-electron chi connectivity index (χ2n) is 4.67. The highest BCUT2D eigenvalue weighted by atomic mass is 16.3. The topological polar surface area (TPSA) is 52.6 Å². The van der Waals surface area contributed by atoms with E-state index in [1.807, 2.05) is 56.0 Å². The van der Waals surface area contributed by atoms with Gasteiger partial charge in [0.2, 0.25) is 5.91 Å². The van der Waals surface area contributed by atoms with Gasteiger partial charge in [-0.15, -0.1) is 0 Å². The molecule has 0 aromatic heterocycles. The average Bonchev–Trinajstić information content (AvgIpc) is 2.44. The Kier molecular flexibility index (Phi) is 6.53. The first-order chi connectivity index (χ1) is 9.10. The highest BCUT2D eigenvalue weighted by molar-refractivity contribution is 5.81. The summed E-state index contributed by atoms with van der Waals surface area (Å²) in [5, 5.41) is 12.0. The fourth-order valence-electron chi connectivity index (χ4n) is 2.08. The van der Waals surface area contributed by atoms with E-state index in [0.29, 0.717) is 6.54 Å². The van der Waals surface area contributed by atoms with Gasteiger partial charge in [-0.25, -0.2) is 0 Å². The van der Waals surface area contributed by atoms with Crippen LogP contribution < -0.4 is 5.32 Å². The lowest BCUT2D eigenvalue weighted by Crippen LogP contribution is -2.46. The summed E-state index contributed by atoms with van der Waals surface area (Å²) in [6, 6.07) is 9.65. The second-order valence-corrected chi connectivity index (χ2v) is 4.67. The van der Waals surface area contributed by atoms with Gasteiger partial charge in [0.1, 0.15) is 0 Å². The number of nitrogens with one attached hydrogen (secondary N) is 1. The number of benzene rings is 1. The zero-order chi connectivity index (χ0) is 14.3. The molecule has 0 aliphatic heterocycles. The number of hydrogen-bond donors (Lipinski definition) is 2. The molecule has 0 fully saturated rings. The van der Waals surface area contributed by atoms with Gasteiger partial charge in [-0.1, -0.05) is 37.3 Å². The van der Waals surface area contributed by atoms with E-state index in [-0.39, 0.29) is 24.6 Å². The molecule has 1 aromatic carbocycles. The van der Waals surface area contributed by atoms with Gasteiger partial charge in [-0.2, -0.15) is 0 Å². The maximum atomic E-state index is 12.2. The smallest absolute Gasteiger partial charge is 0.237 e. The Morgan fingerprint density at radius 3 is 2.47 bits per heavy atom. The standard InChI is InChI=1S/C15H24N2O2/c1-4-17(10-11-18)13(3)15(19)16-12(2)14-8-6-5-7-9-14/h5-9,12-13,18H,4,10-11H2,1-3H3,(H,16,19). The summed E-state index contributed by atoms with van der Waals surface area (Å²) in [4.78, 5) is 14.1. The first-order valence-corrected chi connectivity index (χ1v) is 6.80. The lowest BCUT2D eigenvalue weighted by atomic mass is 10.1. The summed E-state index contributed by atoms with van der Waals surface area (Å²) in [7, 11) is 0. The number of nitrogens with zero attached hydrogens (tertiary/aromatic N) is 1. The summed E-state index contributed by atoms with van der Waals surface area (Å²) in [6.07, 6.45) is 0. The molecule has 106 valence electrons. The van der Waals surface area contributed by atoms with E-state index in [2.05, 4.69) is 5.32 Å². The van der Waals surface area contributed by atoms with Crippen molar-refractivity contribution < 1.29 is 9.90 Å². The van der Waals surface area contributed by atoms with Crippen LogP contribution in [0.5, 0.6) is 0 Å². The van der Waals surface area contributed by atoms with Gasteiger partial charge < -0.3 is 10.4 Å². The van der Waals surface area contributed by atoms with Crippen molar-refractivity contribution in [2.75, 3.05) is 19.7 Å². The number of aliphatic hydroxyl groups is 1. The Labute approximate surface area is 115 Å². The van der Waals surface area contributed by atoms with E-state index >= 15 is 0 Å². The SMILES string of the molecule is CCN(CCO)C(C)C(=O)NC(C)c1ccccc1. The highest BCUT2D eigenvalue weighted by Crippen LogP contribution is 2.12. The predicted octanol–water partition coefficient (Wildman–Crippen LogP) is 1.57. The van der Waals surface area contributed by atoms with E-state index in [1.54, 1.807) is 0 Å². The number of rotatable bonds is 7. The average molecular weight is 264 g/mol. The zero-order valence-electron chi connectivity index (χ0n) is 12.0. The minimum atomic E-state index is -0.233. The first kappa shape index (κ1) is 15.7. The zero-order valence-corrected chi connectivity index (χ0v) is 12.0. The molecule has 4 nitrogen and oxygen atoms in total. The maximum Gasteiger partial charge on any atom is 0.237 e. The van der Waals surface area contributed by atoms with Crippen molar-refractivity contribution in [2.24, 2.45) is 0 Å². The van der Waals surface area contributed by atoms with Gasteiger partial charge in [0, 0.05) is 6.54 Å². The van der Waals surface area contributed by atoms with Crippen LogP contribution in [0, 0.1) is 0 Å². The van der Waals surface area contributed by atoms with E-state index < -0.39 is 0 Å². The molecule has 4 heteroatoms. The molecule has 1 rings (SSSR count). The number of carbonyl (C=O) groups is 1. The third-order valence-corrected chi connectivity index (χ3v) is 3.38. The van der Waals surface area contributed by atoms with Crippen molar-refractivity contribution in [1.29, 1.82) is 0 Å². The van der Waals surface area contributed by atoms with E-state index in [4.69, 9.17) is 5.11 Å². The number of carbonyl (C=O) groups excluding carboxylic acids is 1. The summed E-state index contributed by atoms with van der Waals surface area (Å²) in [5.74, 6) is -0.00773. The van der Waals surface area contributed by atoms with Gasteiger partial charge >= 0.3 is 0 Å². The van der Waals surface area contributed by atoms with Gasteiger partial charge in [0.15, 0.2) is 0 Å². The molecular formula is C15H24N2O2. The number of likely N-dealkylation sites (N-methyl/N-ethyl adjacent to an activating group) is 1. The third kappa shape index (κ3) is 4.65. The molecule has 2 unspecified atom stereocenters. The van der Waals surface area contributed by atoms with Crippen molar-refractivity contribution in [3.05, 3.63) is 35.9 Å². The van der Waals surface area contributed by atoms with Gasteiger partial charge in [-0.3, -0.25) is 9.69 Å². The lowest BCUT2D eigenvalue weighted by Gasteiger charge is -2.27. The molecule has 0 radical (unpaired) electrons. The molecule has 2 atom stereocenters. The molecule has 0 aliphatic rings. The monoisotopic (exact) mass is 264 g/mol. The van der Waals surface area contributed by atoms with E-state index in [0.717, 1.165) is 12.1 Å². The Morgan fingerprint density at radius 2 is 1.95 bits per heavy atom. The Morgan fingerprint density at radius 1 is 1.32 bits per heavy atom. The molecule has 2 N–H and O–H groups in total. The predicted molar refractivity (Wildman–Crippen MR) is 76.8 cm³/mol. The van der Waals surface area contributed by atoms with Crippen LogP contribution >= 0.6 is 0 Å². The van der Waals surface area contributed by atoms with Crippen molar-refractivity contribution in [1.82, 2.24) is 10.2 Å². The van der Waals surface area contributed by atoms with E-state index in [1.165, 1.54) is 0 Å². The number of hydrogen-bond acceptors (Lipinski definition) is 3. The van der Waals surface area contributed by atoms with Crippen molar-refractivity contribution in [3.8, 4) is 0 Å². The van der Waals surface area contributed by atoms with Gasteiger partial charge in [-0.05, 0) is 26.0 Å². The highest BCUT2D eigenvalue weighted by Gasteiger charge is 2.21. The molecule has 0 spiro atoms. The number of amides is 1. The van der Waals surface area contributed by atoms with Crippen molar-refractivity contribution in [3.63, 3.8) is 0 Å². The van der Waals surface area contributed by atoms with Crippen molar-refractivity contribution >= 4 is 5.91 Å². The van der Waals surface area contributed by atoms with Crippen LogP contribution in [0.15, 0.2) is 30.3 Å². The molecule has 1 amide bonds. The fourth-order valence-corrected chi connectivity index (χ4v) is 2.08. The molecular weight excluding hydrogens is 240 g/mol. The first-order valence-electron chi connectivity index (χ1n) is 6.80. The van der Waals surface area contributed by atoms with Gasteiger partial charge in [0.25, 0.3) is 0 Å². The molecule has 0 aliphatic carbocycles. The summed E-state index contributed by atoms with van der Waals surface area (Å²) >= 11 is 0. The quantitative estimate of drug-likeness (QED) is 0.786. The van der Waals surface area contributed by atoms with Crippen LogP contribution in [0.4, 0.5) is 0 Å². The second kappa shape index (κ2) is 7.92. The summed E-state index contributed by atoms with van der Waals surface area (Å²) < 4.78 is 0. The van der Waals surface area contributed by atoms with Crippen molar-refractivity contribution in [2.45, 2.75) is 32.9 Å². The lowest BCUT2D eigenvalue weighted by molar-refractivity contribution is -0.126. The molecule has 0 bridgehead atoms. The Balaban J connectivity index is 2.58. The minimum Gasteiger partial charge on any atom is -0.395 e. The van der Waals surface area contributed by atoms with Crippen LogP contribution in [0.25, 0.3) is 0 Å². The minimum absolute atomic E-state index is 0.00773. The largest absolute Gasteiger partial charge is 0.395 e. The Bertz CT molecular complexity index is 381. The number of aliphatic hydroxyl groups excluding tert-OH is 1. The third-order valence-electron chi connectivity index (χ3n) is 3.38. The molecule has 0 saturated heterocycles. The van der Waals surface area contributed by atoms with Gasteiger partial charge in [0.05, 0.1) is 18.7 Å². The van der Waals surface area contributed by atoms with Crippen LogP contribution in [0.3, 0.4) is 0 Å². The van der Waals surface area contributed by atoms with Crippen LogP contribution in [0.2, 0.25) is 0 Å². The molecule has 19 heavy (non-hydrogen) atoms. The fraction of sp³-hybridized carbons (Fsp3) is 0.533. The molecule has 0 saturated carbocycles. The van der Waals surface area contributed by atoms with Crippen LogP contribution in [0.1, 0.15) is 32.4 Å². The Hall–Kier alpha value is -1.39. The van der Waals surface area contributed by atoms with Crippen LogP contribution in [-0.2, 0) is 4.79 Å². The summed E-state index contributed by atoms with van der Waals surface area (Å²) in [6.45, 7) is 7.16.